The average Bonchev–Trinajstić information content (AvgIpc) is 3.68. The molecular formula is C24H26N6O5S. The Kier molecular flexibility index (Phi) is 7.23. The molecule has 1 aliphatic heterocycles. The van der Waals surface area contributed by atoms with Crippen LogP contribution in [0, 0.1) is 6.92 Å². The SMILES string of the molecule is Cc1ccc(-c2nnn(CC(=O)N(Cc3cccs3)[C@@H](C(=O)NC[C@H]3CCCO3)c3ccco3)n2)o1. The molecule has 4 aromatic heterocycles. The number of hydrogen-bond acceptors (Lipinski definition) is 9. The second-order valence-electron chi connectivity index (χ2n) is 8.45. The first-order valence-corrected chi connectivity index (χ1v) is 12.5. The third kappa shape index (κ3) is 5.55. The maximum atomic E-state index is 13.6. The van der Waals surface area contributed by atoms with E-state index >= 15 is 0 Å². The van der Waals surface area contributed by atoms with Crippen LogP contribution in [0.25, 0.3) is 11.6 Å². The highest BCUT2D eigenvalue weighted by atomic mass is 32.1. The number of hydrogen-bond donors (Lipinski definition) is 1. The molecule has 5 rings (SSSR count). The Balaban J connectivity index is 1.38. The second-order valence-corrected chi connectivity index (χ2v) is 9.49. The Bertz CT molecular complexity index is 1280. The van der Waals surface area contributed by atoms with E-state index in [1.165, 1.54) is 27.3 Å². The lowest BCUT2D eigenvalue weighted by atomic mass is 10.1. The molecule has 4 aromatic rings. The summed E-state index contributed by atoms with van der Waals surface area (Å²) in [6, 6.07) is 9.76. The zero-order chi connectivity index (χ0) is 24.9. The minimum atomic E-state index is -0.980. The second kappa shape index (κ2) is 10.9. The third-order valence-corrected chi connectivity index (χ3v) is 6.68. The van der Waals surface area contributed by atoms with Crippen LogP contribution in [0.1, 0.15) is 35.3 Å². The zero-order valence-electron chi connectivity index (χ0n) is 19.7. The number of aromatic nitrogens is 4. The summed E-state index contributed by atoms with van der Waals surface area (Å²) in [5, 5.41) is 17.2. The van der Waals surface area contributed by atoms with E-state index < -0.39 is 6.04 Å². The summed E-state index contributed by atoms with van der Waals surface area (Å²) in [7, 11) is 0. The van der Waals surface area contributed by atoms with Gasteiger partial charge in [0.05, 0.1) is 18.9 Å². The lowest BCUT2D eigenvalue weighted by molar-refractivity contribution is -0.143. The number of carbonyl (C=O) groups is 2. The fourth-order valence-electron chi connectivity index (χ4n) is 4.06. The Morgan fingerprint density at radius 1 is 1.28 bits per heavy atom. The molecule has 2 atom stereocenters. The molecule has 0 aliphatic carbocycles. The maximum absolute atomic E-state index is 13.6. The van der Waals surface area contributed by atoms with Gasteiger partial charge in [-0.25, -0.2) is 0 Å². The lowest BCUT2D eigenvalue weighted by Crippen LogP contribution is -2.46. The largest absolute Gasteiger partial charge is 0.467 e. The molecule has 0 unspecified atom stereocenters. The van der Waals surface area contributed by atoms with Crippen molar-refractivity contribution in [2.45, 2.75) is 45.0 Å². The van der Waals surface area contributed by atoms with Crippen LogP contribution in [-0.4, -0.2) is 56.2 Å². The van der Waals surface area contributed by atoms with Gasteiger partial charge in [-0.05, 0) is 60.7 Å². The standard InChI is InChI=1S/C24H26N6O5S/c1-16-8-9-20(35-16)23-26-28-30(27-23)15-21(31)29(14-18-6-4-12-36-18)22(19-7-3-11-34-19)24(32)25-13-17-5-2-10-33-17/h3-4,6-9,11-12,17,22H,2,5,10,13-15H2,1H3,(H,25,32)/t17-,22-/m1/s1. The minimum absolute atomic E-state index is 0.0318. The van der Waals surface area contributed by atoms with Gasteiger partial charge in [0.25, 0.3) is 5.91 Å². The topological polar surface area (TPSA) is 129 Å². The number of thiophene rings is 1. The van der Waals surface area contributed by atoms with Crippen LogP contribution < -0.4 is 5.32 Å². The molecule has 0 spiro atoms. The first-order valence-electron chi connectivity index (χ1n) is 11.7. The summed E-state index contributed by atoms with van der Waals surface area (Å²) in [5.41, 5.74) is 0. The number of rotatable bonds is 10. The van der Waals surface area contributed by atoms with Crippen molar-refractivity contribution in [2.75, 3.05) is 13.2 Å². The van der Waals surface area contributed by atoms with Crippen molar-refractivity contribution in [3.63, 3.8) is 0 Å². The molecule has 0 saturated carbocycles. The lowest BCUT2D eigenvalue weighted by Gasteiger charge is -2.29. The van der Waals surface area contributed by atoms with Gasteiger partial charge in [-0.1, -0.05) is 6.07 Å². The van der Waals surface area contributed by atoms with E-state index in [2.05, 4.69) is 20.7 Å². The van der Waals surface area contributed by atoms with Gasteiger partial charge in [-0.15, -0.1) is 21.5 Å². The molecule has 36 heavy (non-hydrogen) atoms. The fourth-order valence-corrected chi connectivity index (χ4v) is 4.76. The van der Waals surface area contributed by atoms with Crippen molar-refractivity contribution in [3.8, 4) is 11.6 Å². The van der Waals surface area contributed by atoms with Crippen LogP contribution in [0.3, 0.4) is 0 Å². The summed E-state index contributed by atoms with van der Waals surface area (Å²) < 4.78 is 16.8. The van der Waals surface area contributed by atoms with Gasteiger partial charge in [0.1, 0.15) is 18.1 Å². The van der Waals surface area contributed by atoms with Crippen LogP contribution in [0.5, 0.6) is 0 Å². The smallest absolute Gasteiger partial charge is 0.250 e. The number of amides is 2. The van der Waals surface area contributed by atoms with E-state index in [0.717, 1.165) is 23.5 Å². The van der Waals surface area contributed by atoms with E-state index in [1.807, 2.05) is 24.4 Å². The Morgan fingerprint density at radius 2 is 2.19 bits per heavy atom. The highest BCUT2D eigenvalue weighted by Gasteiger charge is 2.35. The number of tetrazole rings is 1. The number of carbonyl (C=O) groups excluding carboxylic acids is 2. The van der Waals surface area contributed by atoms with Crippen molar-refractivity contribution in [2.24, 2.45) is 0 Å². The van der Waals surface area contributed by atoms with Crippen LogP contribution in [0.15, 0.2) is 56.9 Å². The van der Waals surface area contributed by atoms with Gasteiger partial charge in [0, 0.05) is 18.0 Å². The fraction of sp³-hybridized carbons (Fsp3) is 0.375. The number of nitrogens with zero attached hydrogens (tertiary/aromatic N) is 5. The van der Waals surface area contributed by atoms with Gasteiger partial charge >= 0.3 is 0 Å². The molecule has 1 saturated heterocycles. The molecule has 188 valence electrons. The molecule has 5 heterocycles. The van der Waals surface area contributed by atoms with Crippen LogP contribution in [0.2, 0.25) is 0 Å². The van der Waals surface area contributed by atoms with Gasteiger partial charge in [0.15, 0.2) is 11.8 Å². The van der Waals surface area contributed by atoms with Crippen molar-refractivity contribution in [1.82, 2.24) is 30.4 Å². The average molecular weight is 511 g/mol. The van der Waals surface area contributed by atoms with E-state index in [9.17, 15) is 9.59 Å². The van der Waals surface area contributed by atoms with Crippen molar-refractivity contribution < 1.29 is 23.2 Å². The van der Waals surface area contributed by atoms with Crippen molar-refractivity contribution in [1.29, 1.82) is 0 Å². The molecule has 2 amide bonds. The molecule has 1 aliphatic rings. The Labute approximate surface area is 211 Å². The van der Waals surface area contributed by atoms with E-state index in [-0.39, 0.29) is 36.8 Å². The number of furan rings is 2. The first-order chi connectivity index (χ1) is 17.6. The summed E-state index contributed by atoms with van der Waals surface area (Å²) in [6.45, 7) is 2.88. The summed E-state index contributed by atoms with van der Waals surface area (Å²) in [5.74, 6) is 1.11. The van der Waals surface area contributed by atoms with Crippen LogP contribution in [-0.2, 0) is 27.4 Å². The van der Waals surface area contributed by atoms with Gasteiger partial charge in [-0.2, -0.15) is 4.80 Å². The molecule has 1 N–H and O–H groups in total. The summed E-state index contributed by atoms with van der Waals surface area (Å²) >= 11 is 1.50. The van der Waals surface area contributed by atoms with E-state index in [0.29, 0.717) is 24.7 Å². The molecule has 12 heteroatoms. The molecule has 0 bridgehead atoms. The van der Waals surface area contributed by atoms with E-state index in [4.69, 9.17) is 13.6 Å². The predicted molar refractivity (Wildman–Crippen MR) is 129 cm³/mol. The molecule has 0 radical (unpaired) electrons. The molecule has 11 nitrogen and oxygen atoms in total. The van der Waals surface area contributed by atoms with Gasteiger partial charge in [0.2, 0.25) is 11.7 Å². The molecule has 1 fully saturated rings. The normalized spacial score (nSPS) is 16.2. The highest BCUT2D eigenvalue weighted by Crippen LogP contribution is 2.26. The van der Waals surface area contributed by atoms with Crippen molar-refractivity contribution >= 4 is 23.2 Å². The third-order valence-electron chi connectivity index (χ3n) is 5.82. The monoisotopic (exact) mass is 510 g/mol. The zero-order valence-corrected chi connectivity index (χ0v) is 20.5. The number of ether oxygens (including phenoxy) is 1. The first kappa shape index (κ1) is 23.9. The molecular weight excluding hydrogens is 484 g/mol. The van der Waals surface area contributed by atoms with Gasteiger partial charge < -0.3 is 23.8 Å². The van der Waals surface area contributed by atoms with Crippen molar-refractivity contribution in [3.05, 3.63) is 64.4 Å². The molecule has 0 aromatic carbocycles. The Hall–Kier alpha value is -3.77. The highest BCUT2D eigenvalue weighted by molar-refractivity contribution is 7.09. The number of aryl methyl sites for hydroxylation is 1. The number of nitrogens with one attached hydrogen (secondary N) is 1. The maximum Gasteiger partial charge on any atom is 0.250 e. The summed E-state index contributed by atoms with van der Waals surface area (Å²) in [4.78, 5) is 30.7. The Morgan fingerprint density at radius 3 is 2.89 bits per heavy atom. The predicted octanol–water partition coefficient (Wildman–Crippen LogP) is 2.96. The van der Waals surface area contributed by atoms with E-state index in [1.54, 1.807) is 24.3 Å². The van der Waals surface area contributed by atoms with Gasteiger partial charge in [-0.3, -0.25) is 9.59 Å². The quantitative estimate of drug-likeness (QED) is 0.345. The minimum Gasteiger partial charge on any atom is -0.467 e. The van der Waals surface area contributed by atoms with Crippen LogP contribution in [0.4, 0.5) is 0 Å². The van der Waals surface area contributed by atoms with Crippen LogP contribution >= 0.6 is 11.3 Å². The summed E-state index contributed by atoms with van der Waals surface area (Å²) in [6.07, 6.45) is 3.31.